The van der Waals surface area contributed by atoms with E-state index in [1.165, 1.54) is 0 Å². The Morgan fingerprint density at radius 2 is 2.18 bits per heavy atom. The van der Waals surface area contributed by atoms with Crippen molar-refractivity contribution in [3.63, 3.8) is 0 Å². The van der Waals surface area contributed by atoms with E-state index in [0.717, 1.165) is 4.47 Å². The number of halogens is 2. The van der Waals surface area contributed by atoms with E-state index in [2.05, 4.69) is 20.9 Å². The summed E-state index contributed by atoms with van der Waals surface area (Å²) in [5.41, 5.74) is 0.400. The van der Waals surface area contributed by atoms with Crippen molar-refractivity contribution in [3.05, 3.63) is 51.7 Å². The van der Waals surface area contributed by atoms with E-state index in [1.807, 2.05) is 0 Å². The molecule has 5 heteroatoms. The number of carbonyl (C=O) groups excluding carboxylic acids is 1. The van der Waals surface area contributed by atoms with Crippen LogP contribution in [0.5, 0.6) is 11.5 Å². The van der Waals surface area contributed by atoms with Gasteiger partial charge in [-0.1, -0.05) is 17.7 Å². The van der Waals surface area contributed by atoms with E-state index in [4.69, 9.17) is 16.3 Å². The molecule has 3 nitrogen and oxygen atoms in total. The van der Waals surface area contributed by atoms with Gasteiger partial charge in [-0.05, 0) is 34.1 Å². The number of rotatable bonds is 3. The summed E-state index contributed by atoms with van der Waals surface area (Å²) in [7, 11) is 0. The molecule has 0 amide bonds. The normalized spacial score (nSPS) is 10.0. The van der Waals surface area contributed by atoms with Crippen LogP contribution in [0.15, 0.2) is 41.1 Å². The summed E-state index contributed by atoms with van der Waals surface area (Å²) >= 11 is 9.27. The third kappa shape index (κ3) is 2.84. The van der Waals surface area contributed by atoms with Crippen molar-refractivity contribution in [2.45, 2.75) is 0 Å². The van der Waals surface area contributed by atoms with Crippen LogP contribution in [0.3, 0.4) is 0 Å². The van der Waals surface area contributed by atoms with Crippen LogP contribution < -0.4 is 4.74 Å². The lowest BCUT2D eigenvalue weighted by Crippen LogP contribution is -1.91. The van der Waals surface area contributed by atoms with Crippen molar-refractivity contribution in [1.82, 2.24) is 4.98 Å². The van der Waals surface area contributed by atoms with E-state index >= 15 is 0 Å². The van der Waals surface area contributed by atoms with Crippen molar-refractivity contribution < 1.29 is 9.53 Å². The van der Waals surface area contributed by atoms with Gasteiger partial charge in [-0.3, -0.25) is 9.78 Å². The maximum atomic E-state index is 10.9. The second-order valence-electron chi connectivity index (χ2n) is 3.22. The third-order valence-electron chi connectivity index (χ3n) is 2.02. The third-order valence-corrected chi connectivity index (χ3v) is 2.76. The zero-order chi connectivity index (χ0) is 12.3. The van der Waals surface area contributed by atoms with Gasteiger partial charge in [-0.25, -0.2) is 0 Å². The van der Waals surface area contributed by atoms with Crippen LogP contribution in [0, 0.1) is 0 Å². The number of ether oxygens (including phenoxy) is 1. The molecule has 2 aromatic rings. The number of aromatic nitrogens is 1. The summed E-state index contributed by atoms with van der Waals surface area (Å²) in [6.45, 7) is 0. The van der Waals surface area contributed by atoms with Gasteiger partial charge in [0.05, 0.1) is 16.8 Å². The van der Waals surface area contributed by atoms with Gasteiger partial charge in [0.2, 0.25) is 0 Å². The fraction of sp³-hybridized carbons (Fsp3) is 0. The first-order chi connectivity index (χ1) is 8.20. The molecule has 1 aromatic heterocycles. The molecule has 0 N–H and O–H groups in total. The molecule has 0 saturated carbocycles. The number of hydrogen-bond acceptors (Lipinski definition) is 3. The first-order valence-electron chi connectivity index (χ1n) is 4.73. The van der Waals surface area contributed by atoms with E-state index in [9.17, 15) is 4.79 Å². The predicted molar refractivity (Wildman–Crippen MR) is 68.9 cm³/mol. The molecule has 0 atom stereocenters. The van der Waals surface area contributed by atoms with Crippen LogP contribution in [-0.4, -0.2) is 11.3 Å². The molecule has 0 saturated heterocycles. The molecule has 0 bridgehead atoms. The van der Waals surface area contributed by atoms with Crippen LogP contribution in [0.2, 0.25) is 5.02 Å². The topological polar surface area (TPSA) is 39.2 Å². The second-order valence-corrected chi connectivity index (χ2v) is 4.54. The molecule has 0 unspecified atom stereocenters. The van der Waals surface area contributed by atoms with Crippen molar-refractivity contribution in [2.75, 3.05) is 0 Å². The van der Waals surface area contributed by atoms with E-state index in [0.29, 0.717) is 28.4 Å². The Morgan fingerprint density at radius 3 is 2.88 bits per heavy atom. The quantitative estimate of drug-likeness (QED) is 0.801. The first-order valence-corrected chi connectivity index (χ1v) is 5.90. The summed E-state index contributed by atoms with van der Waals surface area (Å²) in [5.74, 6) is 0.847. The number of hydrogen-bond donors (Lipinski definition) is 0. The van der Waals surface area contributed by atoms with Gasteiger partial charge in [0.1, 0.15) is 5.75 Å². The molecule has 17 heavy (non-hydrogen) atoms. The second kappa shape index (κ2) is 5.29. The Labute approximate surface area is 112 Å². The number of pyridine rings is 1. The highest BCUT2D eigenvalue weighted by Crippen LogP contribution is 2.32. The van der Waals surface area contributed by atoms with Crippen LogP contribution in [0.25, 0.3) is 0 Å². The number of para-hydroxylation sites is 1. The molecule has 0 aliphatic carbocycles. The molecule has 0 aliphatic rings. The van der Waals surface area contributed by atoms with Crippen LogP contribution in [0.4, 0.5) is 0 Å². The lowest BCUT2D eigenvalue weighted by Gasteiger charge is -2.09. The molecular weight excluding hydrogens is 305 g/mol. The molecule has 0 fully saturated rings. The Morgan fingerprint density at radius 1 is 1.35 bits per heavy atom. The predicted octanol–water partition coefficient (Wildman–Crippen LogP) is 4.10. The maximum absolute atomic E-state index is 10.9. The number of nitrogens with zero attached hydrogens (tertiary/aromatic N) is 1. The van der Waals surface area contributed by atoms with Crippen molar-refractivity contribution >= 4 is 33.8 Å². The SMILES string of the molecule is O=Cc1cccc(Cl)c1Oc1cncc(Br)c1. The largest absolute Gasteiger partial charge is 0.453 e. The Balaban J connectivity index is 2.39. The molecular formula is C12H7BrClNO2. The average Bonchev–Trinajstić information content (AvgIpc) is 2.32. The lowest BCUT2D eigenvalue weighted by atomic mass is 10.2. The molecule has 86 valence electrons. The monoisotopic (exact) mass is 311 g/mol. The summed E-state index contributed by atoms with van der Waals surface area (Å²) in [4.78, 5) is 14.8. The number of aldehydes is 1. The molecule has 1 aromatic carbocycles. The summed E-state index contributed by atoms with van der Waals surface area (Å²) < 4.78 is 6.34. The smallest absolute Gasteiger partial charge is 0.156 e. The highest BCUT2D eigenvalue weighted by molar-refractivity contribution is 9.10. The van der Waals surface area contributed by atoms with Gasteiger partial charge in [-0.15, -0.1) is 0 Å². The standard InChI is InChI=1S/C12H7BrClNO2/c13-9-4-10(6-15-5-9)17-12-8(7-16)2-1-3-11(12)14/h1-7H. The van der Waals surface area contributed by atoms with Crippen molar-refractivity contribution in [3.8, 4) is 11.5 Å². The Kier molecular flexibility index (Phi) is 3.76. The van der Waals surface area contributed by atoms with Gasteiger partial charge in [0.25, 0.3) is 0 Å². The first kappa shape index (κ1) is 12.1. The van der Waals surface area contributed by atoms with Crippen LogP contribution in [0.1, 0.15) is 10.4 Å². The molecule has 1 heterocycles. The highest BCUT2D eigenvalue weighted by atomic mass is 79.9. The van der Waals surface area contributed by atoms with Gasteiger partial charge >= 0.3 is 0 Å². The summed E-state index contributed by atoms with van der Waals surface area (Å²) in [5, 5.41) is 0.384. The van der Waals surface area contributed by atoms with Gasteiger partial charge in [0, 0.05) is 10.7 Å². The van der Waals surface area contributed by atoms with Crippen LogP contribution in [-0.2, 0) is 0 Å². The molecule has 0 spiro atoms. The van der Waals surface area contributed by atoms with Crippen molar-refractivity contribution in [2.24, 2.45) is 0 Å². The highest BCUT2D eigenvalue weighted by Gasteiger charge is 2.09. The van der Waals surface area contributed by atoms with E-state index in [-0.39, 0.29) is 0 Å². The van der Waals surface area contributed by atoms with Gasteiger partial charge in [-0.2, -0.15) is 0 Å². The van der Waals surface area contributed by atoms with Crippen LogP contribution >= 0.6 is 27.5 Å². The minimum atomic E-state index is 0.337. The van der Waals surface area contributed by atoms with Crippen molar-refractivity contribution in [1.29, 1.82) is 0 Å². The summed E-state index contributed by atoms with van der Waals surface area (Å²) in [6.07, 6.45) is 3.88. The molecule has 2 rings (SSSR count). The zero-order valence-electron chi connectivity index (χ0n) is 8.56. The Hall–Kier alpha value is -1.39. The molecule has 0 aliphatic heterocycles. The fourth-order valence-electron chi connectivity index (χ4n) is 1.29. The minimum Gasteiger partial charge on any atom is -0.453 e. The number of carbonyl (C=O) groups is 1. The van der Waals surface area contributed by atoms with Gasteiger partial charge < -0.3 is 4.74 Å². The average molecular weight is 313 g/mol. The Bertz CT molecular complexity index is 560. The lowest BCUT2D eigenvalue weighted by molar-refractivity contribution is 0.112. The van der Waals surface area contributed by atoms with E-state index < -0.39 is 0 Å². The molecule has 0 radical (unpaired) electrons. The fourth-order valence-corrected chi connectivity index (χ4v) is 1.86. The van der Waals surface area contributed by atoms with E-state index in [1.54, 1.807) is 36.7 Å². The van der Waals surface area contributed by atoms with Gasteiger partial charge in [0.15, 0.2) is 12.0 Å². The maximum Gasteiger partial charge on any atom is 0.156 e. The number of benzene rings is 1. The zero-order valence-corrected chi connectivity index (χ0v) is 10.9. The summed E-state index contributed by atoms with van der Waals surface area (Å²) in [6, 6.07) is 6.73. The minimum absolute atomic E-state index is 0.337.